The first-order valence-corrected chi connectivity index (χ1v) is 6.02. The maximum Gasteiger partial charge on any atom is 0.417 e. The number of ether oxygens (including phenoxy) is 1. The standard InChI is InChI=1S/C13H17F3N2O2/c1-8(18-11(19)20-12(2,3)4)10-6-5-9(7-17-10)13(14,15)16/h5-8H,1-4H3,(H,18,19). The Kier molecular flexibility index (Phi) is 4.62. The fourth-order valence-corrected chi connectivity index (χ4v) is 1.39. The number of alkyl carbamates (subject to hydrolysis) is 1. The number of nitrogens with one attached hydrogen (secondary N) is 1. The van der Waals surface area contributed by atoms with Crippen LogP contribution in [0.3, 0.4) is 0 Å². The number of rotatable bonds is 2. The molecule has 0 saturated carbocycles. The Morgan fingerprint density at radius 1 is 1.30 bits per heavy atom. The topological polar surface area (TPSA) is 51.2 Å². The summed E-state index contributed by atoms with van der Waals surface area (Å²) >= 11 is 0. The smallest absolute Gasteiger partial charge is 0.417 e. The van der Waals surface area contributed by atoms with Crippen LogP contribution in [0.4, 0.5) is 18.0 Å². The average Bonchev–Trinajstić information content (AvgIpc) is 2.25. The van der Waals surface area contributed by atoms with Gasteiger partial charge in [0.25, 0.3) is 0 Å². The van der Waals surface area contributed by atoms with Gasteiger partial charge in [-0.1, -0.05) is 0 Å². The predicted molar refractivity (Wildman–Crippen MR) is 67.0 cm³/mol. The molecular formula is C13H17F3N2O2. The molecule has 1 N–H and O–H groups in total. The van der Waals surface area contributed by atoms with E-state index < -0.39 is 29.5 Å². The second kappa shape index (κ2) is 5.68. The van der Waals surface area contributed by atoms with E-state index in [1.54, 1.807) is 27.7 Å². The normalized spacial score (nSPS) is 13.8. The van der Waals surface area contributed by atoms with E-state index in [0.29, 0.717) is 5.69 Å². The Bertz CT molecular complexity index is 464. The Balaban J connectivity index is 2.69. The second-order valence-electron chi connectivity index (χ2n) is 5.34. The number of aromatic nitrogens is 1. The maximum atomic E-state index is 12.4. The number of hydrogen-bond acceptors (Lipinski definition) is 3. The van der Waals surface area contributed by atoms with Gasteiger partial charge in [-0.15, -0.1) is 0 Å². The van der Waals surface area contributed by atoms with Crippen molar-refractivity contribution in [3.05, 3.63) is 29.6 Å². The van der Waals surface area contributed by atoms with Crippen molar-refractivity contribution in [3.63, 3.8) is 0 Å². The largest absolute Gasteiger partial charge is 0.444 e. The molecule has 20 heavy (non-hydrogen) atoms. The zero-order valence-corrected chi connectivity index (χ0v) is 11.7. The lowest BCUT2D eigenvalue weighted by molar-refractivity contribution is -0.137. The van der Waals surface area contributed by atoms with Crippen LogP contribution in [0.15, 0.2) is 18.3 Å². The zero-order chi connectivity index (χ0) is 15.6. The Morgan fingerprint density at radius 3 is 2.30 bits per heavy atom. The summed E-state index contributed by atoms with van der Waals surface area (Å²) in [5, 5.41) is 2.51. The summed E-state index contributed by atoms with van der Waals surface area (Å²) in [5.41, 5.74) is -1.15. The van der Waals surface area contributed by atoms with E-state index >= 15 is 0 Å². The van der Waals surface area contributed by atoms with Crippen molar-refractivity contribution in [2.75, 3.05) is 0 Å². The summed E-state index contributed by atoms with van der Waals surface area (Å²) in [6.45, 7) is 6.76. The molecule has 1 rings (SSSR count). The highest BCUT2D eigenvalue weighted by Crippen LogP contribution is 2.28. The molecule has 7 heteroatoms. The lowest BCUT2D eigenvalue weighted by Gasteiger charge is -2.21. The number of nitrogens with zero attached hydrogens (tertiary/aromatic N) is 1. The first-order valence-electron chi connectivity index (χ1n) is 6.02. The van der Waals surface area contributed by atoms with Crippen LogP contribution in [0, 0.1) is 0 Å². The molecule has 1 amide bonds. The van der Waals surface area contributed by atoms with Crippen LogP contribution < -0.4 is 5.32 Å². The lowest BCUT2D eigenvalue weighted by Crippen LogP contribution is -2.34. The first kappa shape index (κ1) is 16.3. The van der Waals surface area contributed by atoms with Crippen molar-refractivity contribution in [1.82, 2.24) is 10.3 Å². The zero-order valence-electron chi connectivity index (χ0n) is 11.7. The number of halogens is 3. The third-order valence-electron chi connectivity index (χ3n) is 2.29. The van der Waals surface area contributed by atoms with Gasteiger partial charge in [-0.2, -0.15) is 13.2 Å². The monoisotopic (exact) mass is 290 g/mol. The van der Waals surface area contributed by atoms with Crippen LogP contribution in [0.5, 0.6) is 0 Å². The number of hydrogen-bond donors (Lipinski definition) is 1. The van der Waals surface area contributed by atoms with E-state index in [-0.39, 0.29) is 0 Å². The van der Waals surface area contributed by atoms with Gasteiger partial charge in [-0.05, 0) is 39.8 Å². The molecule has 0 spiro atoms. The third-order valence-corrected chi connectivity index (χ3v) is 2.29. The minimum absolute atomic E-state index is 0.323. The van der Waals surface area contributed by atoms with Gasteiger partial charge in [0.15, 0.2) is 0 Å². The quantitative estimate of drug-likeness (QED) is 0.903. The molecule has 1 aromatic heterocycles. The average molecular weight is 290 g/mol. The number of carbonyl (C=O) groups excluding carboxylic acids is 1. The molecule has 0 fully saturated rings. The van der Waals surface area contributed by atoms with E-state index in [0.717, 1.165) is 12.3 Å². The molecule has 1 unspecified atom stereocenters. The summed E-state index contributed by atoms with van der Waals surface area (Å²) in [6.07, 6.45) is -4.33. The number of alkyl halides is 3. The third kappa shape index (κ3) is 5.07. The molecule has 0 aliphatic carbocycles. The van der Waals surface area contributed by atoms with Crippen LogP contribution in [0.1, 0.15) is 45.0 Å². The van der Waals surface area contributed by atoms with Gasteiger partial charge in [0.1, 0.15) is 5.60 Å². The van der Waals surface area contributed by atoms with E-state index in [1.807, 2.05) is 0 Å². The minimum Gasteiger partial charge on any atom is -0.444 e. The predicted octanol–water partition coefficient (Wildman–Crippen LogP) is 3.69. The van der Waals surface area contributed by atoms with Gasteiger partial charge in [0, 0.05) is 6.20 Å². The fraction of sp³-hybridized carbons (Fsp3) is 0.538. The molecule has 0 aliphatic heterocycles. The van der Waals surface area contributed by atoms with Crippen molar-refractivity contribution in [2.45, 2.75) is 45.5 Å². The molecule has 1 heterocycles. The van der Waals surface area contributed by atoms with Crippen LogP contribution in [0.2, 0.25) is 0 Å². The van der Waals surface area contributed by atoms with Gasteiger partial charge < -0.3 is 10.1 Å². The first-order chi connectivity index (χ1) is 8.99. The minimum atomic E-state index is -4.42. The van der Waals surface area contributed by atoms with Crippen molar-refractivity contribution >= 4 is 6.09 Å². The van der Waals surface area contributed by atoms with E-state index in [9.17, 15) is 18.0 Å². The van der Waals surface area contributed by atoms with Crippen molar-refractivity contribution in [3.8, 4) is 0 Å². The van der Waals surface area contributed by atoms with Gasteiger partial charge in [-0.25, -0.2) is 4.79 Å². The van der Waals surface area contributed by atoms with Crippen LogP contribution in [0.25, 0.3) is 0 Å². The highest BCUT2D eigenvalue weighted by Gasteiger charge is 2.31. The highest BCUT2D eigenvalue weighted by molar-refractivity contribution is 5.68. The Morgan fingerprint density at radius 2 is 1.90 bits per heavy atom. The summed E-state index contributed by atoms with van der Waals surface area (Å²) in [5.74, 6) is 0. The number of amides is 1. The molecule has 0 saturated heterocycles. The molecule has 1 atom stereocenters. The van der Waals surface area contributed by atoms with E-state index in [4.69, 9.17) is 4.74 Å². The van der Waals surface area contributed by atoms with E-state index in [2.05, 4.69) is 10.3 Å². The maximum absolute atomic E-state index is 12.4. The second-order valence-corrected chi connectivity index (χ2v) is 5.34. The highest BCUT2D eigenvalue weighted by atomic mass is 19.4. The molecule has 4 nitrogen and oxygen atoms in total. The summed E-state index contributed by atoms with van der Waals surface area (Å²) < 4.78 is 42.2. The summed E-state index contributed by atoms with van der Waals surface area (Å²) in [6, 6.07) is 1.60. The Labute approximate surface area is 115 Å². The van der Waals surface area contributed by atoms with Crippen molar-refractivity contribution < 1.29 is 22.7 Å². The molecule has 0 aliphatic rings. The van der Waals surface area contributed by atoms with Crippen molar-refractivity contribution in [2.24, 2.45) is 0 Å². The van der Waals surface area contributed by atoms with Gasteiger partial charge >= 0.3 is 12.3 Å². The summed E-state index contributed by atoms with van der Waals surface area (Å²) in [7, 11) is 0. The molecule has 1 aromatic rings. The van der Waals surface area contributed by atoms with Gasteiger partial charge in [0.2, 0.25) is 0 Å². The fourth-order valence-electron chi connectivity index (χ4n) is 1.39. The Hall–Kier alpha value is -1.79. The van der Waals surface area contributed by atoms with Crippen molar-refractivity contribution in [1.29, 1.82) is 0 Å². The van der Waals surface area contributed by atoms with Crippen LogP contribution in [-0.2, 0) is 10.9 Å². The SMILES string of the molecule is CC(NC(=O)OC(C)(C)C)c1ccc(C(F)(F)F)cn1. The number of carbonyl (C=O) groups is 1. The molecule has 0 aromatic carbocycles. The van der Waals surface area contributed by atoms with Gasteiger partial charge in [0.05, 0.1) is 17.3 Å². The molecular weight excluding hydrogens is 273 g/mol. The molecule has 0 bridgehead atoms. The molecule has 112 valence electrons. The summed E-state index contributed by atoms with van der Waals surface area (Å²) in [4.78, 5) is 15.2. The van der Waals surface area contributed by atoms with Crippen LogP contribution >= 0.6 is 0 Å². The molecule has 0 radical (unpaired) electrons. The van der Waals surface area contributed by atoms with Gasteiger partial charge in [-0.3, -0.25) is 4.98 Å². The van der Waals surface area contributed by atoms with E-state index in [1.165, 1.54) is 6.07 Å². The number of pyridine rings is 1. The van der Waals surface area contributed by atoms with Crippen LogP contribution in [-0.4, -0.2) is 16.7 Å². The lowest BCUT2D eigenvalue weighted by atomic mass is 10.2.